The van der Waals surface area contributed by atoms with E-state index in [9.17, 15) is 4.79 Å². The van der Waals surface area contributed by atoms with Gasteiger partial charge in [-0.25, -0.2) is 0 Å². The molecule has 5 nitrogen and oxygen atoms in total. The maximum absolute atomic E-state index is 12.0. The topological polar surface area (TPSA) is 83.8 Å². The van der Waals surface area contributed by atoms with Crippen LogP contribution in [0.15, 0.2) is 30.5 Å². The molecule has 0 aliphatic carbocycles. The van der Waals surface area contributed by atoms with E-state index in [1.54, 1.807) is 0 Å². The van der Waals surface area contributed by atoms with Gasteiger partial charge < -0.3 is 11.1 Å². The third kappa shape index (κ3) is 2.34. The Morgan fingerprint density at radius 2 is 2.11 bits per heavy atom. The van der Waals surface area contributed by atoms with Gasteiger partial charge in [0.15, 0.2) is 0 Å². The Hall–Kier alpha value is -2.30. The zero-order valence-corrected chi connectivity index (χ0v) is 10.4. The highest BCUT2D eigenvalue weighted by molar-refractivity contribution is 6.06. The number of nitrogen functional groups attached to an aromatic ring is 1. The molecule has 0 radical (unpaired) electrons. The van der Waals surface area contributed by atoms with Gasteiger partial charge in [-0.05, 0) is 17.5 Å². The average molecular weight is 244 g/mol. The van der Waals surface area contributed by atoms with Crippen LogP contribution in [0.3, 0.4) is 0 Å². The van der Waals surface area contributed by atoms with Gasteiger partial charge in [-0.3, -0.25) is 9.89 Å². The van der Waals surface area contributed by atoms with Gasteiger partial charge in [0.2, 0.25) is 0 Å². The molecular formula is C13H16N4O. The molecule has 0 fully saturated rings. The lowest BCUT2D eigenvalue weighted by molar-refractivity contribution is 0.102. The van der Waals surface area contributed by atoms with E-state index >= 15 is 0 Å². The summed E-state index contributed by atoms with van der Waals surface area (Å²) in [6.07, 6.45) is 1.42. The lowest BCUT2D eigenvalue weighted by Gasteiger charge is -2.13. The minimum Gasteiger partial charge on any atom is -0.396 e. The van der Waals surface area contributed by atoms with Crippen molar-refractivity contribution in [3.63, 3.8) is 0 Å². The molecular weight excluding hydrogens is 228 g/mol. The number of para-hydroxylation sites is 1. The molecule has 0 saturated heterocycles. The van der Waals surface area contributed by atoms with E-state index in [2.05, 4.69) is 29.4 Å². The zero-order valence-electron chi connectivity index (χ0n) is 10.4. The van der Waals surface area contributed by atoms with Gasteiger partial charge in [-0.15, -0.1) is 0 Å². The number of rotatable bonds is 3. The van der Waals surface area contributed by atoms with E-state index < -0.39 is 0 Å². The first kappa shape index (κ1) is 12.2. The molecule has 1 aromatic carbocycles. The number of nitrogens with zero attached hydrogens (tertiary/aromatic N) is 1. The number of hydrogen-bond donors (Lipinski definition) is 3. The van der Waals surface area contributed by atoms with Crippen LogP contribution in [-0.4, -0.2) is 16.1 Å². The monoisotopic (exact) mass is 244 g/mol. The molecule has 1 aromatic heterocycles. The Labute approximate surface area is 105 Å². The van der Waals surface area contributed by atoms with Crippen LogP contribution in [0.25, 0.3) is 0 Å². The minimum absolute atomic E-state index is 0.280. The van der Waals surface area contributed by atoms with Crippen molar-refractivity contribution in [2.24, 2.45) is 0 Å². The second kappa shape index (κ2) is 4.91. The summed E-state index contributed by atoms with van der Waals surface area (Å²) < 4.78 is 0. The molecule has 0 aliphatic heterocycles. The Kier molecular flexibility index (Phi) is 3.32. The third-order valence-electron chi connectivity index (χ3n) is 2.73. The molecule has 0 spiro atoms. The van der Waals surface area contributed by atoms with Gasteiger partial charge in [-0.1, -0.05) is 32.0 Å². The Morgan fingerprint density at radius 3 is 2.72 bits per heavy atom. The summed E-state index contributed by atoms with van der Waals surface area (Å²) in [5.41, 5.74) is 8.15. The molecule has 2 aromatic rings. The van der Waals surface area contributed by atoms with Crippen LogP contribution in [0.1, 0.15) is 35.8 Å². The van der Waals surface area contributed by atoms with E-state index in [0.717, 1.165) is 11.3 Å². The molecule has 1 amide bonds. The van der Waals surface area contributed by atoms with Crippen LogP contribution in [0.5, 0.6) is 0 Å². The highest BCUT2D eigenvalue weighted by Gasteiger charge is 2.14. The molecule has 0 unspecified atom stereocenters. The fourth-order valence-corrected chi connectivity index (χ4v) is 1.78. The van der Waals surface area contributed by atoms with Gasteiger partial charge in [0.1, 0.15) is 5.69 Å². The predicted octanol–water partition coefficient (Wildman–Crippen LogP) is 2.37. The highest BCUT2D eigenvalue weighted by atomic mass is 16.2. The van der Waals surface area contributed by atoms with Crippen molar-refractivity contribution in [1.82, 2.24) is 10.2 Å². The number of benzene rings is 1. The number of carbonyl (C=O) groups is 1. The number of anilines is 2. The maximum atomic E-state index is 12.0. The summed E-state index contributed by atoms with van der Waals surface area (Å²) >= 11 is 0. The number of nitrogens with two attached hydrogens (primary N) is 1. The minimum atomic E-state index is -0.280. The molecule has 0 saturated carbocycles. The standard InChI is InChI=1S/C13H16N4O/c1-8(2)9-5-3-4-6-11(9)16-13(18)12-10(14)7-15-17-12/h3-8H,14H2,1-2H3,(H,15,17)(H,16,18). The Balaban J connectivity index is 2.25. The lowest BCUT2D eigenvalue weighted by Crippen LogP contribution is -2.15. The van der Waals surface area contributed by atoms with E-state index in [0.29, 0.717) is 11.6 Å². The SMILES string of the molecule is CC(C)c1ccccc1NC(=O)c1[nH]ncc1N. The fourth-order valence-electron chi connectivity index (χ4n) is 1.78. The fraction of sp³-hybridized carbons (Fsp3) is 0.231. The van der Waals surface area contributed by atoms with Crippen LogP contribution >= 0.6 is 0 Å². The number of aromatic nitrogens is 2. The third-order valence-corrected chi connectivity index (χ3v) is 2.73. The number of carbonyl (C=O) groups excluding carboxylic acids is 1. The number of amides is 1. The molecule has 5 heteroatoms. The van der Waals surface area contributed by atoms with Gasteiger partial charge in [0, 0.05) is 5.69 Å². The number of aromatic amines is 1. The maximum Gasteiger partial charge on any atom is 0.275 e. The highest BCUT2D eigenvalue weighted by Crippen LogP contribution is 2.24. The van der Waals surface area contributed by atoms with Crippen molar-refractivity contribution < 1.29 is 4.79 Å². The molecule has 18 heavy (non-hydrogen) atoms. The zero-order chi connectivity index (χ0) is 13.1. The van der Waals surface area contributed by atoms with Gasteiger partial charge in [-0.2, -0.15) is 5.10 Å². The quantitative estimate of drug-likeness (QED) is 0.775. The van der Waals surface area contributed by atoms with Crippen LogP contribution < -0.4 is 11.1 Å². The van der Waals surface area contributed by atoms with E-state index in [4.69, 9.17) is 5.73 Å². The first-order valence-corrected chi connectivity index (χ1v) is 5.78. The van der Waals surface area contributed by atoms with Gasteiger partial charge in [0.05, 0.1) is 11.9 Å². The Morgan fingerprint density at radius 1 is 1.39 bits per heavy atom. The normalized spacial score (nSPS) is 10.6. The first-order valence-electron chi connectivity index (χ1n) is 5.78. The second-order valence-corrected chi connectivity index (χ2v) is 4.40. The second-order valence-electron chi connectivity index (χ2n) is 4.40. The van der Waals surface area contributed by atoms with Crippen LogP contribution in [0, 0.1) is 0 Å². The molecule has 94 valence electrons. The van der Waals surface area contributed by atoms with Crippen molar-refractivity contribution in [2.45, 2.75) is 19.8 Å². The molecule has 0 aliphatic rings. The smallest absolute Gasteiger partial charge is 0.275 e. The van der Waals surface area contributed by atoms with Crippen molar-refractivity contribution >= 4 is 17.3 Å². The first-order chi connectivity index (χ1) is 8.59. The van der Waals surface area contributed by atoms with Crippen molar-refractivity contribution in [2.75, 3.05) is 11.1 Å². The van der Waals surface area contributed by atoms with Gasteiger partial charge in [0.25, 0.3) is 5.91 Å². The van der Waals surface area contributed by atoms with Crippen molar-refractivity contribution in [3.8, 4) is 0 Å². The molecule has 2 rings (SSSR count). The summed E-state index contributed by atoms with van der Waals surface area (Å²) in [6.45, 7) is 4.16. The Bertz CT molecular complexity index is 560. The molecule has 4 N–H and O–H groups in total. The number of hydrogen-bond acceptors (Lipinski definition) is 3. The molecule has 0 atom stereocenters. The lowest BCUT2D eigenvalue weighted by atomic mass is 10.0. The summed E-state index contributed by atoms with van der Waals surface area (Å²) in [6, 6.07) is 7.71. The largest absolute Gasteiger partial charge is 0.396 e. The predicted molar refractivity (Wildman–Crippen MR) is 71.5 cm³/mol. The summed E-state index contributed by atoms with van der Waals surface area (Å²) in [4.78, 5) is 12.0. The summed E-state index contributed by atoms with van der Waals surface area (Å²) in [7, 11) is 0. The summed E-state index contributed by atoms with van der Waals surface area (Å²) in [5.74, 6) is 0.0544. The van der Waals surface area contributed by atoms with Crippen LogP contribution in [-0.2, 0) is 0 Å². The average Bonchev–Trinajstić information content (AvgIpc) is 2.76. The van der Waals surface area contributed by atoms with Gasteiger partial charge >= 0.3 is 0 Å². The number of nitrogens with one attached hydrogen (secondary N) is 2. The van der Waals surface area contributed by atoms with E-state index in [1.165, 1.54) is 6.20 Å². The van der Waals surface area contributed by atoms with Crippen LogP contribution in [0.4, 0.5) is 11.4 Å². The van der Waals surface area contributed by atoms with E-state index in [1.807, 2.05) is 24.3 Å². The molecule has 1 heterocycles. The van der Waals surface area contributed by atoms with Crippen molar-refractivity contribution in [3.05, 3.63) is 41.7 Å². The number of H-pyrrole nitrogens is 1. The van der Waals surface area contributed by atoms with Crippen molar-refractivity contribution in [1.29, 1.82) is 0 Å². The van der Waals surface area contributed by atoms with E-state index in [-0.39, 0.29) is 11.6 Å². The molecule has 0 bridgehead atoms. The summed E-state index contributed by atoms with van der Waals surface area (Å²) in [5, 5.41) is 9.16. The van der Waals surface area contributed by atoms with Crippen LogP contribution in [0.2, 0.25) is 0 Å².